The fraction of sp³-hybridized carbons (Fsp3) is 0.222. The lowest BCUT2D eigenvalue weighted by atomic mass is 9.63. The molecule has 0 bridgehead atoms. The van der Waals surface area contributed by atoms with E-state index in [4.69, 9.17) is 0 Å². The van der Waals surface area contributed by atoms with Gasteiger partial charge in [-0.15, -0.1) is 0 Å². The van der Waals surface area contributed by atoms with Crippen molar-refractivity contribution in [1.29, 1.82) is 0 Å². The van der Waals surface area contributed by atoms with Crippen molar-refractivity contribution in [1.82, 2.24) is 0 Å². The maximum absolute atomic E-state index is 12.2. The molecule has 4 heteroatoms. The summed E-state index contributed by atoms with van der Waals surface area (Å²) in [5.41, 5.74) is 0.711. The fourth-order valence-corrected chi connectivity index (χ4v) is 3.47. The van der Waals surface area contributed by atoms with Gasteiger partial charge in [-0.3, -0.25) is 9.59 Å². The van der Waals surface area contributed by atoms with Gasteiger partial charge in [-0.05, 0) is 29.5 Å². The van der Waals surface area contributed by atoms with Gasteiger partial charge in [-0.25, -0.2) is 0 Å². The highest BCUT2D eigenvalue weighted by Gasteiger charge is 2.48. The molecule has 0 fully saturated rings. The minimum Gasteiger partial charge on any atom is -0.481 e. The number of rotatable bonds is 3. The predicted octanol–water partition coefficient (Wildman–Crippen LogP) is 3.02. The van der Waals surface area contributed by atoms with E-state index in [1.807, 2.05) is 18.2 Å². The summed E-state index contributed by atoms with van der Waals surface area (Å²) in [6.45, 7) is 0. The molecule has 2 aromatic carbocycles. The Morgan fingerprint density at radius 3 is 2.23 bits per heavy atom. The highest BCUT2D eigenvalue weighted by atomic mass is 16.4. The zero-order valence-electron chi connectivity index (χ0n) is 11.9. The summed E-state index contributed by atoms with van der Waals surface area (Å²) in [5.74, 6) is -2.48. The summed E-state index contributed by atoms with van der Waals surface area (Å²) < 4.78 is 0. The minimum atomic E-state index is -1.18. The van der Waals surface area contributed by atoms with Crippen LogP contribution in [0.25, 0.3) is 0 Å². The molecule has 112 valence electrons. The van der Waals surface area contributed by atoms with Gasteiger partial charge in [0.05, 0.1) is 5.92 Å². The Kier molecular flexibility index (Phi) is 3.45. The summed E-state index contributed by atoms with van der Waals surface area (Å²) in [6.07, 6.45) is 0.591. The van der Waals surface area contributed by atoms with E-state index in [0.717, 1.165) is 0 Å². The van der Waals surface area contributed by atoms with Gasteiger partial charge in [0.2, 0.25) is 0 Å². The van der Waals surface area contributed by atoms with Crippen molar-refractivity contribution in [3.63, 3.8) is 0 Å². The topological polar surface area (TPSA) is 74.6 Å². The number of hydrogen-bond acceptors (Lipinski definition) is 2. The first kappa shape index (κ1) is 14.3. The Hall–Kier alpha value is -2.62. The van der Waals surface area contributed by atoms with E-state index in [1.54, 1.807) is 36.4 Å². The SMILES string of the molecule is O=C(O)[C@@H]1CC[C@](C(=O)O)(c2ccccc2)c2ccccc21. The molecule has 2 atom stereocenters. The Morgan fingerprint density at radius 1 is 0.955 bits per heavy atom. The van der Waals surface area contributed by atoms with Crippen LogP contribution in [0.3, 0.4) is 0 Å². The zero-order valence-corrected chi connectivity index (χ0v) is 11.9. The summed E-state index contributed by atoms with van der Waals surface area (Å²) in [6, 6.07) is 16.1. The van der Waals surface area contributed by atoms with Crippen LogP contribution in [0.1, 0.15) is 35.4 Å². The van der Waals surface area contributed by atoms with Gasteiger partial charge >= 0.3 is 11.9 Å². The van der Waals surface area contributed by atoms with E-state index < -0.39 is 23.3 Å². The second-order valence-corrected chi connectivity index (χ2v) is 5.59. The van der Waals surface area contributed by atoms with Crippen LogP contribution in [0.15, 0.2) is 54.6 Å². The lowest BCUT2D eigenvalue weighted by Gasteiger charge is -2.38. The monoisotopic (exact) mass is 296 g/mol. The first-order chi connectivity index (χ1) is 10.6. The molecule has 2 aromatic rings. The predicted molar refractivity (Wildman–Crippen MR) is 80.9 cm³/mol. The van der Waals surface area contributed by atoms with E-state index in [1.165, 1.54) is 0 Å². The second kappa shape index (κ2) is 5.30. The number of aliphatic carboxylic acids is 2. The third-order valence-electron chi connectivity index (χ3n) is 4.53. The van der Waals surface area contributed by atoms with Crippen molar-refractivity contribution in [2.45, 2.75) is 24.2 Å². The Morgan fingerprint density at radius 2 is 1.59 bits per heavy atom. The van der Waals surface area contributed by atoms with Crippen LogP contribution in [0.2, 0.25) is 0 Å². The van der Waals surface area contributed by atoms with Crippen molar-refractivity contribution < 1.29 is 19.8 Å². The first-order valence-corrected chi connectivity index (χ1v) is 7.18. The summed E-state index contributed by atoms with van der Waals surface area (Å²) >= 11 is 0. The van der Waals surface area contributed by atoms with Crippen molar-refractivity contribution in [3.05, 3.63) is 71.3 Å². The molecule has 1 aliphatic rings. The van der Waals surface area contributed by atoms with E-state index >= 15 is 0 Å². The van der Waals surface area contributed by atoms with Crippen molar-refractivity contribution in [2.75, 3.05) is 0 Å². The Labute approximate surface area is 128 Å². The largest absolute Gasteiger partial charge is 0.481 e. The van der Waals surface area contributed by atoms with Gasteiger partial charge in [0, 0.05) is 0 Å². The molecule has 2 N–H and O–H groups in total. The van der Waals surface area contributed by atoms with Crippen LogP contribution < -0.4 is 0 Å². The van der Waals surface area contributed by atoms with Gasteiger partial charge in [-0.1, -0.05) is 54.6 Å². The van der Waals surface area contributed by atoms with Crippen LogP contribution in [0.5, 0.6) is 0 Å². The smallest absolute Gasteiger partial charge is 0.318 e. The lowest BCUT2D eigenvalue weighted by molar-refractivity contribution is -0.145. The quantitative estimate of drug-likeness (QED) is 0.913. The molecule has 0 amide bonds. The molecule has 0 radical (unpaired) electrons. The maximum Gasteiger partial charge on any atom is 0.318 e. The van der Waals surface area contributed by atoms with Crippen molar-refractivity contribution in [3.8, 4) is 0 Å². The van der Waals surface area contributed by atoms with Gasteiger partial charge < -0.3 is 10.2 Å². The standard InChI is InChI=1S/C18H16O4/c19-16(20)14-10-11-18(17(21)22,12-6-2-1-3-7-12)15-9-5-4-8-13(14)15/h1-9,14H,10-11H2,(H,19,20)(H,21,22)/t14-,18+/m1/s1. The molecule has 0 aromatic heterocycles. The molecular formula is C18H16O4. The van der Waals surface area contributed by atoms with Gasteiger partial charge in [0.15, 0.2) is 0 Å². The van der Waals surface area contributed by atoms with E-state index in [2.05, 4.69) is 0 Å². The number of fused-ring (bicyclic) bond motifs is 1. The molecular weight excluding hydrogens is 280 g/mol. The average Bonchev–Trinajstić information content (AvgIpc) is 2.54. The molecule has 1 aliphatic carbocycles. The highest BCUT2D eigenvalue weighted by molar-refractivity contribution is 5.89. The fourth-order valence-electron chi connectivity index (χ4n) is 3.47. The lowest BCUT2D eigenvalue weighted by Crippen LogP contribution is -2.42. The van der Waals surface area contributed by atoms with Crippen molar-refractivity contribution >= 4 is 11.9 Å². The van der Waals surface area contributed by atoms with Crippen molar-refractivity contribution in [2.24, 2.45) is 0 Å². The van der Waals surface area contributed by atoms with Crippen LogP contribution in [-0.4, -0.2) is 22.2 Å². The van der Waals surface area contributed by atoms with Crippen LogP contribution in [0, 0.1) is 0 Å². The van der Waals surface area contributed by atoms with Gasteiger partial charge in [0.1, 0.15) is 5.41 Å². The van der Waals surface area contributed by atoms with Gasteiger partial charge in [-0.2, -0.15) is 0 Å². The second-order valence-electron chi connectivity index (χ2n) is 5.59. The molecule has 4 nitrogen and oxygen atoms in total. The summed E-state index contributed by atoms with van der Waals surface area (Å²) in [7, 11) is 0. The summed E-state index contributed by atoms with van der Waals surface area (Å²) in [4.78, 5) is 23.7. The number of hydrogen-bond donors (Lipinski definition) is 2. The molecule has 0 aliphatic heterocycles. The van der Waals surface area contributed by atoms with Crippen LogP contribution in [-0.2, 0) is 15.0 Å². The zero-order chi connectivity index (χ0) is 15.7. The van der Waals surface area contributed by atoms with Crippen LogP contribution >= 0.6 is 0 Å². The number of benzene rings is 2. The third kappa shape index (κ3) is 1.99. The Bertz CT molecular complexity index is 723. The highest BCUT2D eigenvalue weighted by Crippen LogP contribution is 2.47. The molecule has 0 saturated carbocycles. The summed E-state index contributed by atoms with van der Waals surface area (Å²) in [5, 5.41) is 19.4. The minimum absolute atomic E-state index is 0.278. The maximum atomic E-state index is 12.2. The van der Waals surface area contributed by atoms with Gasteiger partial charge in [0.25, 0.3) is 0 Å². The Balaban J connectivity index is 2.27. The molecule has 0 saturated heterocycles. The molecule has 0 spiro atoms. The van der Waals surface area contributed by atoms with E-state index in [0.29, 0.717) is 23.1 Å². The molecule has 3 rings (SSSR count). The molecule has 0 heterocycles. The normalized spacial score (nSPS) is 23.5. The molecule has 0 unspecified atom stereocenters. The first-order valence-electron chi connectivity index (χ1n) is 7.18. The molecule has 22 heavy (non-hydrogen) atoms. The van der Waals surface area contributed by atoms with E-state index in [-0.39, 0.29) is 6.42 Å². The number of carboxylic acids is 2. The van der Waals surface area contributed by atoms with Crippen LogP contribution in [0.4, 0.5) is 0 Å². The third-order valence-corrected chi connectivity index (χ3v) is 4.53. The number of carboxylic acid groups (broad SMARTS) is 2. The average molecular weight is 296 g/mol. The van der Waals surface area contributed by atoms with E-state index in [9.17, 15) is 19.8 Å². The number of carbonyl (C=O) groups is 2.